The minimum absolute atomic E-state index is 0.00525. The summed E-state index contributed by atoms with van der Waals surface area (Å²) in [6.45, 7) is 4.07. The number of allylic oxidation sites excluding steroid dienone is 1. The molecule has 0 saturated carbocycles. The zero-order valence-corrected chi connectivity index (χ0v) is 15.9. The van der Waals surface area contributed by atoms with E-state index in [9.17, 15) is 13.2 Å². The van der Waals surface area contributed by atoms with E-state index in [1.165, 1.54) is 0 Å². The largest absolute Gasteiger partial charge is 0.367 e. The molecule has 26 heavy (non-hydrogen) atoms. The second-order valence-corrected chi connectivity index (χ2v) is 9.57. The Balaban J connectivity index is 1.49. The van der Waals surface area contributed by atoms with Gasteiger partial charge in [-0.1, -0.05) is 17.7 Å². The van der Waals surface area contributed by atoms with Crippen molar-refractivity contribution in [3.05, 3.63) is 41.5 Å². The van der Waals surface area contributed by atoms with Crippen molar-refractivity contribution in [3.8, 4) is 0 Å². The van der Waals surface area contributed by atoms with Gasteiger partial charge in [-0.05, 0) is 62.8 Å². The van der Waals surface area contributed by atoms with E-state index >= 15 is 0 Å². The van der Waals surface area contributed by atoms with Gasteiger partial charge in [-0.15, -0.1) is 0 Å². The van der Waals surface area contributed by atoms with Crippen molar-refractivity contribution in [2.24, 2.45) is 11.8 Å². The number of hydrogen-bond donors (Lipinski definition) is 0. The second kappa shape index (κ2) is 6.29. The summed E-state index contributed by atoms with van der Waals surface area (Å²) in [7, 11) is -3.78. The van der Waals surface area contributed by atoms with Crippen LogP contribution in [0.15, 0.2) is 40.8 Å². The zero-order valence-electron chi connectivity index (χ0n) is 15.1. The smallest absolute Gasteiger partial charge is 0.296 e. The first kappa shape index (κ1) is 17.9. The molecular formula is C20H24O5S. The average Bonchev–Trinajstić information content (AvgIpc) is 2.86. The molecule has 0 radical (unpaired) electrons. The highest BCUT2D eigenvalue weighted by atomic mass is 32.2. The van der Waals surface area contributed by atoms with Crippen LogP contribution in [0.3, 0.4) is 0 Å². The van der Waals surface area contributed by atoms with Gasteiger partial charge in [-0.2, -0.15) is 8.42 Å². The number of ether oxygens (including phenoxy) is 1. The highest BCUT2D eigenvalue weighted by molar-refractivity contribution is 7.86. The molecule has 0 unspecified atom stereocenters. The van der Waals surface area contributed by atoms with Gasteiger partial charge in [0.25, 0.3) is 10.1 Å². The average molecular weight is 376 g/mol. The molecule has 2 heterocycles. The van der Waals surface area contributed by atoms with E-state index < -0.39 is 15.7 Å². The van der Waals surface area contributed by atoms with E-state index in [4.69, 9.17) is 8.92 Å². The molecule has 2 aliphatic heterocycles. The summed E-state index contributed by atoms with van der Waals surface area (Å²) in [4.78, 5) is 11.9. The van der Waals surface area contributed by atoms with Crippen molar-refractivity contribution in [1.82, 2.24) is 0 Å². The predicted molar refractivity (Wildman–Crippen MR) is 96.1 cm³/mol. The van der Waals surface area contributed by atoms with Crippen LogP contribution in [0.2, 0.25) is 0 Å². The first-order valence-corrected chi connectivity index (χ1v) is 10.6. The van der Waals surface area contributed by atoms with Crippen LogP contribution in [0, 0.1) is 18.8 Å². The molecule has 6 heteroatoms. The zero-order chi connectivity index (χ0) is 18.5. The van der Waals surface area contributed by atoms with Gasteiger partial charge in [0.15, 0.2) is 5.78 Å². The van der Waals surface area contributed by atoms with Crippen molar-refractivity contribution in [2.75, 3.05) is 6.61 Å². The van der Waals surface area contributed by atoms with Crippen LogP contribution in [-0.4, -0.2) is 32.5 Å². The Morgan fingerprint density at radius 2 is 2.00 bits per heavy atom. The summed E-state index contributed by atoms with van der Waals surface area (Å²) < 4.78 is 36.5. The molecule has 3 aliphatic rings. The number of carbonyl (C=O) groups excluding carboxylic acids is 1. The van der Waals surface area contributed by atoms with Crippen LogP contribution in [0.1, 0.15) is 38.2 Å². The molecule has 0 spiro atoms. The van der Waals surface area contributed by atoms with E-state index in [1.807, 2.05) is 13.8 Å². The minimum Gasteiger partial charge on any atom is -0.367 e. The summed E-state index contributed by atoms with van der Waals surface area (Å²) in [5.74, 6) is 0.537. The van der Waals surface area contributed by atoms with Crippen molar-refractivity contribution >= 4 is 15.9 Å². The number of rotatable bonds is 4. The standard InChI is InChI=1S/C20H24O5S/c1-13-3-7-17(8-4-13)26(22,23)24-12-15-9-19-18-10-16(21)6-5-14(18)11-20(15,2)25-19/h3-4,7-8,10,14-15,19H,5-6,9,11-12H2,1-2H3/t14-,15-,19+,20+/m1/s1. The highest BCUT2D eigenvalue weighted by Crippen LogP contribution is 2.52. The molecule has 4 atom stereocenters. The van der Waals surface area contributed by atoms with Gasteiger partial charge in [0.05, 0.1) is 23.2 Å². The molecule has 0 aromatic heterocycles. The van der Waals surface area contributed by atoms with Gasteiger partial charge in [-0.3, -0.25) is 8.98 Å². The van der Waals surface area contributed by atoms with E-state index in [1.54, 1.807) is 30.3 Å². The first-order chi connectivity index (χ1) is 12.3. The molecule has 1 aliphatic carbocycles. The Hall–Kier alpha value is -1.50. The Kier molecular flexibility index (Phi) is 4.33. The Morgan fingerprint density at radius 3 is 2.73 bits per heavy atom. The van der Waals surface area contributed by atoms with Crippen LogP contribution in [0.5, 0.6) is 0 Å². The Labute approximate surface area is 154 Å². The number of hydrogen-bond acceptors (Lipinski definition) is 5. The maximum Gasteiger partial charge on any atom is 0.296 e. The first-order valence-electron chi connectivity index (χ1n) is 9.15. The minimum atomic E-state index is -3.78. The monoisotopic (exact) mass is 376 g/mol. The van der Waals surface area contributed by atoms with Gasteiger partial charge in [-0.25, -0.2) is 0 Å². The van der Waals surface area contributed by atoms with Gasteiger partial charge in [0, 0.05) is 12.3 Å². The number of fused-ring (bicyclic) bond motifs is 4. The summed E-state index contributed by atoms with van der Waals surface area (Å²) in [5.41, 5.74) is 1.71. The number of carbonyl (C=O) groups is 1. The van der Waals surface area contributed by atoms with Crippen LogP contribution in [-0.2, 0) is 23.8 Å². The highest BCUT2D eigenvalue weighted by Gasteiger charge is 2.53. The van der Waals surface area contributed by atoms with Gasteiger partial charge >= 0.3 is 0 Å². The van der Waals surface area contributed by atoms with Crippen LogP contribution in [0.25, 0.3) is 0 Å². The molecule has 2 saturated heterocycles. The molecule has 1 aromatic rings. The van der Waals surface area contributed by atoms with E-state index in [0.29, 0.717) is 18.8 Å². The quantitative estimate of drug-likeness (QED) is 0.755. The lowest BCUT2D eigenvalue weighted by Crippen LogP contribution is -2.42. The third-order valence-corrected chi connectivity index (χ3v) is 7.37. The summed E-state index contributed by atoms with van der Waals surface area (Å²) >= 11 is 0. The molecule has 1 aromatic carbocycles. The molecule has 0 N–H and O–H groups in total. The fourth-order valence-electron chi connectivity index (χ4n) is 4.51. The van der Waals surface area contributed by atoms with Crippen LogP contribution < -0.4 is 0 Å². The third kappa shape index (κ3) is 3.15. The molecule has 2 bridgehead atoms. The lowest BCUT2D eigenvalue weighted by molar-refractivity contribution is -0.117. The van der Waals surface area contributed by atoms with Crippen molar-refractivity contribution < 1.29 is 22.1 Å². The topological polar surface area (TPSA) is 69.7 Å². The molecule has 2 fully saturated rings. The number of ketones is 1. The maximum absolute atomic E-state index is 12.5. The van der Waals surface area contributed by atoms with Gasteiger partial charge in [0.1, 0.15) is 0 Å². The summed E-state index contributed by atoms with van der Waals surface area (Å²) in [5, 5.41) is 0. The van der Waals surface area contributed by atoms with Gasteiger partial charge in [0.2, 0.25) is 0 Å². The molecule has 0 amide bonds. The second-order valence-electron chi connectivity index (χ2n) is 7.95. The van der Waals surface area contributed by atoms with Crippen LogP contribution >= 0.6 is 0 Å². The molecular weight excluding hydrogens is 352 g/mol. The lowest BCUT2D eigenvalue weighted by Gasteiger charge is -2.40. The Morgan fingerprint density at radius 1 is 1.27 bits per heavy atom. The van der Waals surface area contributed by atoms with Crippen LogP contribution in [0.4, 0.5) is 0 Å². The van der Waals surface area contributed by atoms with E-state index in [2.05, 4.69) is 0 Å². The summed E-state index contributed by atoms with van der Waals surface area (Å²) in [6, 6.07) is 6.66. The van der Waals surface area contributed by atoms with Crippen molar-refractivity contribution in [2.45, 2.75) is 56.1 Å². The number of aryl methyl sites for hydroxylation is 1. The van der Waals surface area contributed by atoms with Crippen molar-refractivity contribution in [1.29, 1.82) is 0 Å². The lowest BCUT2D eigenvalue weighted by atomic mass is 9.77. The third-order valence-electron chi connectivity index (χ3n) is 6.07. The normalized spacial score (nSPS) is 33.7. The van der Waals surface area contributed by atoms with Gasteiger partial charge < -0.3 is 4.74 Å². The SMILES string of the molecule is Cc1ccc(S(=O)(=O)OC[C@H]2C[C@@H]3O[C@@]2(C)C[C@H]2CCC(=O)C=C23)cc1. The molecule has 5 nitrogen and oxygen atoms in total. The maximum atomic E-state index is 12.5. The summed E-state index contributed by atoms with van der Waals surface area (Å²) in [6.07, 6.45) is 4.66. The Bertz CT molecular complexity index is 855. The van der Waals surface area contributed by atoms with Crippen molar-refractivity contribution in [3.63, 3.8) is 0 Å². The number of benzene rings is 1. The molecule has 140 valence electrons. The fraction of sp³-hybridized carbons (Fsp3) is 0.550. The van der Waals surface area contributed by atoms with E-state index in [-0.39, 0.29) is 29.3 Å². The molecule has 4 rings (SSSR count). The fourth-order valence-corrected chi connectivity index (χ4v) is 5.46. The predicted octanol–water partition coefficient (Wildman–Crippen LogP) is 3.17. The van der Waals surface area contributed by atoms with E-state index in [0.717, 1.165) is 24.0 Å².